The summed E-state index contributed by atoms with van der Waals surface area (Å²) in [6.07, 6.45) is -3.77. The number of hydrogen-bond acceptors (Lipinski definition) is 4. The summed E-state index contributed by atoms with van der Waals surface area (Å²) in [5.41, 5.74) is 0. The Bertz CT molecular complexity index is 133. The minimum absolute atomic E-state index is 1.01. The van der Waals surface area contributed by atoms with Crippen LogP contribution in [-0.4, -0.2) is 46.7 Å². The maximum atomic E-state index is 10.2. The van der Waals surface area contributed by atoms with Crippen molar-refractivity contribution in [1.29, 1.82) is 0 Å². The third-order valence-electron chi connectivity index (χ3n) is 1.31. The topological polar surface area (TPSA) is 87.0 Å². The monoisotopic (exact) mass is 164 g/mol. The molecule has 0 amide bonds. The SMILES string of the molecule is COC(C(C)O)C(O)C(=O)O. The second-order valence-corrected chi connectivity index (χ2v) is 2.22. The first-order chi connectivity index (χ1) is 5.00. The van der Waals surface area contributed by atoms with Crippen molar-refractivity contribution < 1.29 is 24.9 Å². The number of hydrogen-bond donors (Lipinski definition) is 3. The van der Waals surface area contributed by atoms with Gasteiger partial charge in [0.25, 0.3) is 0 Å². The predicted octanol–water partition coefficient (Wildman–Crippen LogP) is -1.17. The molecule has 0 spiro atoms. The Hall–Kier alpha value is -0.650. The quantitative estimate of drug-likeness (QED) is 0.487. The van der Waals surface area contributed by atoms with Gasteiger partial charge < -0.3 is 20.1 Å². The van der Waals surface area contributed by atoms with E-state index < -0.39 is 24.3 Å². The zero-order valence-corrected chi connectivity index (χ0v) is 6.39. The minimum Gasteiger partial charge on any atom is -0.479 e. The lowest BCUT2D eigenvalue weighted by molar-refractivity contribution is -0.160. The van der Waals surface area contributed by atoms with Gasteiger partial charge in [0, 0.05) is 7.11 Å². The third kappa shape index (κ3) is 2.83. The third-order valence-corrected chi connectivity index (χ3v) is 1.31. The highest BCUT2D eigenvalue weighted by Gasteiger charge is 2.29. The molecular weight excluding hydrogens is 152 g/mol. The van der Waals surface area contributed by atoms with Gasteiger partial charge in [0.2, 0.25) is 0 Å². The van der Waals surface area contributed by atoms with Crippen LogP contribution in [0.1, 0.15) is 6.92 Å². The lowest BCUT2D eigenvalue weighted by atomic mass is 10.1. The van der Waals surface area contributed by atoms with Crippen LogP contribution in [0, 0.1) is 0 Å². The second kappa shape index (κ2) is 4.27. The predicted molar refractivity (Wildman–Crippen MR) is 36.1 cm³/mol. The van der Waals surface area contributed by atoms with Crippen LogP contribution in [0.4, 0.5) is 0 Å². The number of rotatable bonds is 4. The van der Waals surface area contributed by atoms with Crippen molar-refractivity contribution in [1.82, 2.24) is 0 Å². The summed E-state index contributed by atoms with van der Waals surface area (Å²) in [5, 5.41) is 26.0. The van der Waals surface area contributed by atoms with E-state index in [0.29, 0.717) is 0 Å². The van der Waals surface area contributed by atoms with Crippen LogP contribution in [0.5, 0.6) is 0 Å². The van der Waals surface area contributed by atoms with Crippen molar-refractivity contribution in [2.75, 3.05) is 7.11 Å². The van der Waals surface area contributed by atoms with Gasteiger partial charge in [-0.15, -0.1) is 0 Å². The molecule has 0 heterocycles. The van der Waals surface area contributed by atoms with Crippen LogP contribution in [0.25, 0.3) is 0 Å². The first-order valence-corrected chi connectivity index (χ1v) is 3.12. The van der Waals surface area contributed by atoms with Crippen LogP contribution in [0.2, 0.25) is 0 Å². The van der Waals surface area contributed by atoms with Crippen molar-refractivity contribution >= 4 is 5.97 Å². The number of carboxylic acid groups (broad SMARTS) is 1. The highest BCUT2D eigenvalue weighted by atomic mass is 16.5. The fourth-order valence-corrected chi connectivity index (χ4v) is 0.730. The van der Waals surface area contributed by atoms with E-state index in [9.17, 15) is 4.79 Å². The Labute approximate surface area is 64.2 Å². The van der Waals surface area contributed by atoms with Crippen molar-refractivity contribution in [3.8, 4) is 0 Å². The van der Waals surface area contributed by atoms with Crippen molar-refractivity contribution in [3.63, 3.8) is 0 Å². The molecule has 0 aromatic rings. The van der Waals surface area contributed by atoms with Crippen molar-refractivity contribution in [3.05, 3.63) is 0 Å². The number of ether oxygens (including phenoxy) is 1. The van der Waals surface area contributed by atoms with Gasteiger partial charge in [-0.25, -0.2) is 4.79 Å². The average Bonchev–Trinajstić information content (AvgIpc) is 1.88. The Kier molecular flexibility index (Phi) is 4.02. The van der Waals surface area contributed by atoms with Crippen LogP contribution >= 0.6 is 0 Å². The molecule has 0 aliphatic rings. The smallest absolute Gasteiger partial charge is 0.335 e. The zero-order chi connectivity index (χ0) is 9.02. The van der Waals surface area contributed by atoms with E-state index in [2.05, 4.69) is 4.74 Å². The zero-order valence-electron chi connectivity index (χ0n) is 6.39. The fourth-order valence-electron chi connectivity index (χ4n) is 0.730. The Morgan fingerprint density at radius 2 is 1.91 bits per heavy atom. The van der Waals surface area contributed by atoms with E-state index in [0.717, 1.165) is 0 Å². The number of carbonyl (C=O) groups is 1. The van der Waals surface area contributed by atoms with Gasteiger partial charge in [-0.2, -0.15) is 0 Å². The molecule has 0 fully saturated rings. The summed E-state index contributed by atoms with van der Waals surface area (Å²) in [6, 6.07) is 0. The van der Waals surface area contributed by atoms with E-state index in [1.165, 1.54) is 14.0 Å². The molecule has 11 heavy (non-hydrogen) atoms. The number of aliphatic hydroxyl groups is 2. The summed E-state index contributed by atoms with van der Waals surface area (Å²) in [4.78, 5) is 10.2. The van der Waals surface area contributed by atoms with Crippen LogP contribution < -0.4 is 0 Å². The number of methoxy groups -OCH3 is 1. The molecule has 0 aromatic heterocycles. The molecule has 3 N–H and O–H groups in total. The van der Waals surface area contributed by atoms with Crippen LogP contribution in [-0.2, 0) is 9.53 Å². The molecule has 0 aromatic carbocycles. The Balaban J connectivity index is 4.13. The van der Waals surface area contributed by atoms with Gasteiger partial charge in [0.1, 0.15) is 6.10 Å². The number of aliphatic hydroxyl groups excluding tert-OH is 2. The summed E-state index contributed by atoms with van der Waals surface area (Å²) < 4.78 is 4.55. The molecule has 0 aliphatic carbocycles. The van der Waals surface area contributed by atoms with Crippen molar-refractivity contribution in [2.24, 2.45) is 0 Å². The minimum atomic E-state index is -1.68. The van der Waals surface area contributed by atoms with Gasteiger partial charge in [-0.3, -0.25) is 0 Å². The van der Waals surface area contributed by atoms with Crippen molar-refractivity contribution in [2.45, 2.75) is 25.2 Å². The van der Waals surface area contributed by atoms with E-state index in [-0.39, 0.29) is 0 Å². The van der Waals surface area contributed by atoms with Gasteiger partial charge in [-0.1, -0.05) is 0 Å². The lowest BCUT2D eigenvalue weighted by Gasteiger charge is -2.20. The first kappa shape index (κ1) is 10.3. The van der Waals surface area contributed by atoms with Crippen LogP contribution in [0.15, 0.2) is 0 Å². The van der Waals surface area contributed by atoms with Gasteiger partial charge in [0.05, 0.1) is 6.10 Å². The molecule has 0 aliphatic heterocycles. The maximum absolute atomic E-state index is 10.2. The van der Waals surface area contributed by atoms with E-state index in [4.69, 9.17) is 15.3 Å². The highest BCUT2D eigenvalue weighted by molar-refractivity contribution is 5.72. The highest BCUT2D eigenvalue weighted by Crippen LogP contribution is 2.03. The molecule has 5 nitrogen and oxygen atoms in total. The molecule has 0 saturated carbocycles. The Morgan fingerprint density at radius 3 is 2.00 bits per heavy atom. The van der Waals surface area contributed by atoms with E-state index in [1.807, 2.05) is 0 Å². The van der Waals surface area contributed by atoms with Crippen LogP contribution in [0.3, 0.4) is 0 Å². The molecule has 0 bridgehead atoms. The van der Waals surface area contributed by atoms with Gasteiger partial charge in [0.15, 0.2) is 6.10 Å². The Morgan fingerprint density at radius 1 is 1.45 bits per heavy atom. The van der Waals surface area contributed by atoms with E-state index >= 15 is 0 Å². The lowest BCUT2D eigenvalue weighted by Crippen LogP contribution is -2.42. The van der Waals surface area contributed by atoms with Gasteiger partial charge in [-0.05, 0) is 6.92 Å². The largest absolute Gasteiger partial charge is 0.479 e. The first-order valence-electron chi connectivity index (χ1n) is 3.12. The summed E-state index contributed by atoms with van der Waals surface area (Å²) in [6.45, 7) is 1.35. The molecule has 3 atom stereocenters. The molecule has 66 valence electrons. The summed E-state index contributed by atoms with van der Waals surface area (Å²) >= 11 is 0. The fraction of sp³-hybridized carbons (Fsp3) is 0.833. The normalized spacial score (nSPS) is 18.9. The maximum Gasteiger partial charge on any atom is 0.335 e. The standard InChI is InChI=1S/C6H12O5/c1-3(7)5(11-2)4(8)6(9)10/h3-5,7-8H,1-2H3,(H,9,10). The number of carboxylic acids is 1. The molecule has 0 saturated heterocycles. The molecule has 3 unspecified atom stereocenters. The van der Waals surface area contributed by atoms with Gasteiger partial charge >= 0.3 is 5.97 Å². The summed E-state index contributed by atoms with van der Waals surface area (Å²) in [5.74, 6) is -1.40. The molecule has 0 rings (SSSR count). The molecule has 0 radical (unpaired) electrons. The van der Waals surface area contributed by atoms with E-state index in [1.54, 1.807) is 0 Å². The number of aliphatic carboxylic acids is 1. The molecular formula is C6H12O5. The second-order valence-electron chi connectivity index (χ2n) is 2.22. The average molecular weight is 164 g/mol. The summed E-state index contributed by atoms with van der Waals surface area (Å²) in [7, 11) is 1.23. The molecule has 5 heteroatoms.